The summed E-state index contributed by atoms with van der Waals surface area (Å²) in [5, 5.41) is 2.98. The van der Waals surface area contributed by atoms with Crippen molar-refractivity contribution < 1.29 is 18.0 Å². The van der Waals surface area contributed by atoms with Gasteiger partial charge >= 0.3 is 0 Å². The zero-order valence-electron chi connectivity index (χ0n) is 26.8. The van der Waals surface area contributed by atoms with Crippen LogP contribution in [-0.4, -0.2) is 44.3 Å². The van der Waals surface area contributed by atoms with Crippen LogP contribution in [0, 0.1) is 27.7 Å². The van der Waals surface area contributed by atoms with Gasteiger partial charge in [0.05, 0.1) is 10.6 Å². The first-order chi connectivity index (χ1) is 21.5. The number of carbonyl (C=O) groups excluding carboxylic acids is 2. The number of rotatable bonds is 13. The molecule has 1 N–H and O–H groups in total. The number of hydrogen-bond acceptors (Lipinski definition) is 4. The standard InChI is InChI=1S/C37H43N3O4S/c1-6-22-38-37(42)35(24-31-14-8-7-9-15-31)39(25-32-16-10-12-28(3)23-32)36(41)26-40(34-17-11-13-29(4)30(34)5)45(43,44)33-20-18-27(2)19-21-33/h7-21,23,35H,6,22,24-26H2,1-5H3,(H,38,42). The minimum atomic E-state index is -4.15. The third-order valence-electron chi connectivity index (χ3n) is 7.99. The number of carbonyl (C=O) groups is 2. The highest BCUT2D eigenvalue weighted by Crippen LogP contribution is 2.29. The molecule has 2 amide bonds. The van der Waals surface area contributed by atoms with E-state index in [2.05, 4.69) is 5.32 Å². The smallest absolute Gasteiger partial charge is 0.264 e. The summed E-state index contributed by atoms with van der Waals surface area (Å²) in [6, 6.07) is 28.5. The Bertz CT molecular complexity index is 1720. The molecule has 0 aliphatic heterocycles. The second-order valence-corrected chi connectivity index (χ2v) is 13.4. The summed E-state index contributed by atoms with van der Waals surface area (Å²) in [6.45, 7) is 9.74. The van der Waals surface area contributed by atoms with Gasteiger partial charge in [-0.15, -0.1) is 0 Å². The topological polar surface area (TPSA) is 86.8 Å². The lowest BCUT2D eigenvalue weighted by Gasteiger charge is -2.34. The van der Waals surface area contributed by atoms with E-state index in [4.69, 9.17) is 0 Å². The second kappa shape index (κ2) is 15.0. The van der Waals surface area contributed by atoms with Gasteiger partial charge in [-0.3, -0.25) is 13.9 Å². The summed E-state index contributed by atoms with van der Waals surface area (Å²) in [5.74, 6) is -0.748. The number of anilines is 1. The van der Waals surface area contributed by atoms with Gasteiger partial charge < -0.3 is 10.2 Å². The van der Waals surface area contributed by atoms with Crippen molar-refractivity contribution >= 4 is 27.5 Å². The molecule has 236 valence electrons. The van der Waals surface area contributed by atoms with Crippen LogP contribution in [0.5, 0.6) is 0 Å². The van der Waals surface area contributed by atoms with Crippen LogP contribution < -0.4 is 9.62 Å². The number of nitrogens with zero attached hydrogens (tertiary/aromatic N) is 2. The van der Waals surface area contributed by atoms with Crippen molar-refractivity contribution in [3.05, 3.63) is 130 Å². The Labute approximate surface area is 268 Å². The van der Waals surface area contributed by atoms with Crippen molar-refractivity contribution in [1.82, 2.24) is 10.2 Å². The Kier molecular flexibility index (Phi) is 11.2. The molecule has 4 rings (SSSR count). The molecule has 0 aliphatic carbocycles. The second-order valence-electron chi connectivity index (χ2n) is 11.6. The van der Waals surface area contributed by atoms with Gasteiger partial charge in [0, 0.05) is 19.5 Å². The Morgan fingerprint density at radius 2 is 1.44 bits per heavy atom. The van der Waals surface area contributed by atoms with E-state index < -0.39 is 28.5 Å². The molecule has 0 saturated carbocycles. The molecule has 0 radical (unpaired) electrons. The first-order valence-corrected chi connectivity index (χ1v) is 16.8. The van der Waals surface area contributed by atoms with Gasteiger partial charge in [-0.05, 0) is 74.6 Å². The number of hydrogen-bond donors (Lipinski definition) is 1. The SMILES string of the molecule is CCCNC(=O)C(Cc1ccccc1)N(Cc1cccc(C)c1)C(=O)CN(c1cccc(C)c1C)S(=O)(=O)c1ccc(C)cc1. The zero-order valence-corrected chi connectivity index (χ0v) is 27.6. The fraction of sp³-hybridized carbons (Fsp3) is 0.297. The average Bonchev–Trinajstić information content (AvgIpc) is 3.02. The predicted octanol–water partition coefficient (Wildman–Crippen LogP) is 6.28. The van der Waals surface area contributed by atoms with Gasteiger partial charge in [-0.1, -0.05) is 96.9 Å². The van der Waals surface area contributed by atoms with Crippen molar-refractivity contribution in [3.8, 4) is 0 Å². The van der Waals surface area contributed by atoms with Gasteiger partial charge in [-0.2, -0.15) is 0 Å². The summed E-state index contributed by atoms with van der Waals surface area (Å²) in [5.41, 5.74) is 5.78. The first-order valence-electron chi connectivity index (χ1n) is 15.3. The van der Waals surface area contributed by atoms with Gasteiger partial charge in [0.15, 0.2) is 0 Å². The van der Waals surface area contributed by atoms with E-state index in [9.17, 15) is 18.0 Å². The summed E-state index contributed by atoms with van der Waals surface area (Å²) in [7, 11) is -4.15. The Balaban J connectivity index is 1.83. The van der Waals surface area contributed by atoms with E-state index >= 15 is 0 Å². The molecule has 0 bridgehead atoms. The fourth-order valence-corrected chi connectivity index (χ4v) is 6.76. The monoisotopic (exact) mass is 625 g/mol. The number of aryl methyl sites for hydroxylation is 3. The molecule has 0 fully saturated rings. The van der Waals surface area contributed by atoms with Crippen molar-refractivity contribution in [2.45, 2.75) is 64.9 Å². The summed E-state index contributed by atoms with van der Waals surface area (Å²) < 4.78 is 29.8. The van der Waals surface area contributed by atoms with E-state index in [0.717, 1.165) is 39.8 Å². The molecule has 0 aromatic heterocycles. The maximum absolute atomic E-state index is 14.6. The van der Waals surface area contributed by atoms with Crippen molar-refractivity contribution in [2.24, 2.45) is 0 Å². The van der Waals surface area contributed by atoms with Crippen molar-refractivity contribution in [1.29, 1.82) is 0 Å². The van der Waals surface area contributed by atoms with Crippen LogP contribution in [0.1, 0.15) is 46.7 Å². The lowest BCUT2D eigenvalue weighted by Crippen LogP contribution is -2.53. The third kappa shape index (κ3) is 8.39. The van der Waals surface area contributed by atoms with E-state index in [1.807, 2.05) is 95.3 Å². The molecule has 0 heterocycles. The fourth-order valence-electron chi connectivity index (χ4n) is 5.28. The van der Waals surface area contributed by atoms with Crippen LogP contribution in [0.3, 0.4) is 0 Å². The van der Waals surface area contributed by atoms with E-state index in [1.165, 1.54) is 9.21 Å². The summed E-state index contributed by atoms with van der Waals surface area (Å²) >= 11 is 0. The Hall–Kier alpha value is -4.43. The Morgan fingerprint density at radius 3 is 2.11 bits per heavy atom. The first kappa shape index (κ1) is 33.5. The van der Waals surface area contributed by atoms with E-state index in [0.29, 0.717) is 12.2 Å². The molecular weight excluding hydrogens is 582 g/mol. The van der Waals surface area contributed by atoms with Gasteiger partial charge in [-0.25, -0.2) is 8.42 Å². The molecule has 4 aromatic carbocycles. The number of sulfonamides is 1. The van der Waals surface area contributed by atoms with Crippen LogP contribution in [0.15, 0.2) is 102 Å². The molecular formula is C37H43N3O4S. The van der Waals surface area contributed by atoms with Gasteiger partial charge in [0.1, 0.15) is 12.6 Å². The van der Waals surface area contributed by atoms with Crippen LogP contribution in [0.2, 0.25) is 0 Å². The maximum Gasteiger partial charge on any atom is 0.264 e. The average molecular weight is 626 g/mol. The highest BCUT2D eigenvalue weighted by Gasteiger charge is 2.35. The highest BCUT2D eigenvalue weighted by atomic mass is 32.2. The van der Waals surface area contributed by atoms with Crippen LogP contribution in [0.4, 0.5) is 5.69 Å². The Morgan fingerprint density at radius 1 is 0.778 bits per heavy atom. The molecule has 0 saturated heterocycles. The quantitative estimate of drug-likeness (QED) is 0.190. The predicted molar refractivity (Wildman–Crippen MR) is 181 cm³/mol. The third-order valence-corrected chi connectivity index (χ3v) is 9.76. The van der Waals surface area contributed by atoms with Crippen LogP contribution in [0.25, 0.3) is 0 Å². The minimum absolute atomic E-state index is 0.0913. The molecule has 7 nitrogen and oxygen atoms in total. The molecule has 45 heavy (non-hydrogen) atoms. The van der Waals surface area contributed by atoms with Crippen molar-refractivity contribution in [2.75, 3.05) is 17.4 Å². The van der Waals surface area contributed by atoms with Crippen molar-refractivity contribution in [3.63, 3.8) is 0 Å². The molecule has 8 heteroatoms. The minimum Gasteiger partial charge on any atom is -0.354 e. The van der Waals surface area contributed by atoms with Crippen LogP contribution in [-0.2, 0) is 32.6 Å². The molecule has 4 aromatic rings. The van der Waals surface area contributed by atoms with E-state index in [1.54, 1.807) is 36.4 Å². The molecule has 1 atom stereocenters. The number of amides is 2. The molecule has 0 spiro atoms. The van der Waals surface area contributed by atoms with Gasteiger partial charge in [0.2, 0.25) is 11.8 Å². The lowest BCUT2D eigenvalue weighted by molar-refractivity contribution is -0.140. The molecule has 0 aliphatic rings. The lowest BCUT2D eigenvalue weighted by atomic mass is 10.0. The van der Waals surface area contributed by atoms with Crippen LogP contribution >= 0.6 is 0 Å². The molecule has 1 unspecified atom stereocenters. The number of benzene rings is 4. The largest absolute Gasteiger partial charge is 0.354 e. The normalized spacial score (nSPS) is 11.9. The summed E-state index contributed by atoms with van der Waals surface area (Å²) in [4.78, 5) is 30.0. The maximum atomic E-state index is 14.6. The summed E-state index contributed by atoms with van der Waals surface area (Å²) in [6.07, 6.45) is 1.02. The van der Waals surface area contributed by atoms with E-state index in [-0.39, 0.29) is 23.8 Å². The number of nitrogens with one attached hydrogen (secondary N) is 1. The highest BCUT2D eigenvalue weighted by molar-refractivity contribution is 7.92. The van der Waals surface area contributed by atoms with Gasteiger partial charge in [0.25, 0.3) is 10.0 Å². The zero-order chi connectivity index (χ0) is 32.6.